The number of aromatic nitrogens is 2. The van der Waals surface area contributed by atoms with E-state index >= 15 is 0 Å². The molecule has 1 aromatic rings. The summed E-state index contributed by atoms with van der Waals surface area (Å²) in [4.78, 5) is 12.5. The van der Waals surface area contributed by atoms with E-state index in [1.807, 2.05) is 16.8 Å². The SMILES string of the molecule is CC(C)n1ncc(C(=O)N[C@@H]2C=C[C@H](CO)C2)c1C1CC1. The van der Waals surface area contributed by atoms with Crippen LogP contribution in [0.25, 0.3) is 0 Å². The van der Waals surface area contributed by atoms with Gasteiger partial charge in [0, 0.05) is 30.5 Å². The Morgan fingerprint density at radius 3 is 2.81 bits per heavy atom. The fourth-order valence-corrected chi connectivity index (χ4v) is 2.99. The molecule has 1 aromatic heterocycles. The Morgan fingerprint density at radius 1 is 1.48 bits per heavy atom. The third kappa shape index (κ3) is 2.88. The van der Waals surface area contributed by atoms with E-state index in [0.717, 1.165) is 25.0 Å². The first-order valence-corrected chi connectivity index (χ1v) is 7.77. The lowest BCUT2D eigenvalue weighted by molar-refractivity contribution is 0.0940. The van der Waals surface area contributed by atoms with Gasteiger partial charge in [-0.3, -0.25) is 9.48 Å². The second-order valence-electron chi connectivity index (χ2n) is 6.40. The van der Waals surface area contributed by atoms with E-state index in [1.54, 1.807) is 6.20 Å². The first-order chi connectivity index (χ1) is 10.1. The van der Waals surface area contributed by atoms with Gasteiger partial charge < -0.3 is 10.4 Å². The van der Waals surface area contributed by atoms with Crippen LogP contribution >= 0.6 is 0 Å². The highest BCUT2D eigenvalue weighted by Gasteiger charge is 2.33. The molecule has 1 saturated carbocycles. The highest BCUT2D eigenvalue weighted by atomic mass is 16.3. The molecule has 5 nitrogen and oxygen atoms in total. The molecule has 2 aliphatic rings. The average Bonchev–Trinajstić information content (AvgIpc) is 3.02. The Labute approximate surface area is 125 Å². The maximum Gasteiger partial charge on any atom is 0.255 e. The van der Waals surface area contributed by atoms with Crippen molar-refractivity contribution >= 4 is 5.91 Å². The minimum absolute atomic E-state index is 0.0177. The van der Waals surface area contributed by atoms with Gasteiger partial charge in [0.2, 0.25) is 0 Å². The number of nitrogens with one attached hydrogen (secondary N) is 1. The van der Waals surface area contributed by atoms with Crippen LogP contribution in [0.15, 0.2) is 18.3 Å². The van der Waals surface area contributed by atoms with Gasteiger partial charge in [0.1, 0.15) is 0 Å². The van der Waals surface area contributed by atoms with Crippen LogP contribution < -0.4 is 5.32 Å². The number of rotatable bonds is 5. The average molecular weight is 289 g/mol. The van der Waals surface area contributed by atoms with Crippen molar-refractivity contribution < 1.29 is 9.90 Å². The molecule has 0 saturated heterocycles. The Balaban J connectivity index is 1.75. The number of aliphatic hydroxyl groups is 1. The van der Waals surface area contributed by atoms with Crippen LogP contribution in [0.4, 0.5) is 0 Å². The second-order valence-corrected chi connectivity index (χ2v) is 6.40. The monoisotopic (exact) mass is 289 g/mol. The number of hydrogen-bond donors (Lipinski definition) is 2. The smallest absolute Gasteiger partial charge is 0.255 e. The Bertz CT molecular complexity index is 558. The van der Waals surface area contributed by atoms with E-state index in [9.17, 15) is 4.79 Å². The standard InChI is InChI=1S/C16H23N3O2/c1-10(2)19-15(12-4-5-12)14(8-17-19)16(21)18-13-6-3-11(7-13)9-20/h3,6,8,10-13,20H,4-5,7,9H2,1-2H3,(H,18,21)/t11-,13+/m0/s1. The van der Waals surface area contributed by atoms with Crippen LogP contribution in [0.3, 0.4) is 0 Å². The zero-order valence-electron chi connectivity index (χ0n) is 12.6. The molecule has 0 bridgehead atoms. The number of nitrogens with zero attached hydrogens (tertiary/aromatic N) is 2. The first-order valence-electron chi connectivity index (χ1n) is 7.77. The molecule has 0 radical (unpaired) electrons. The highest BCUT2D eigenvalue weighted by Crippen LogP contribution is 2.42. The summed E-state index contributed by atoms with van der Waals surface area (Å²) in [5.74, 6) is 0.605. The van der Waals surface area contributed by atoms with Gasteiger partial charge in [-0.25, -0.2) is 0 Å². The zero-order chi connectivity index (χ0) is 15.0. The van der Waals surface area contributed by atoms with Crippen molar-refractivity contribution in [3.63, 3.8) is 0 Å². The Hall–Kier alpha value is -1.62. The summed E-state index contributed by atoms with van der Waals surface area (Å²) >= 11 is 0. The largest absolute Gasteiger partial charge is 0.396 e. The van der Waals surface area contributed by atoms with Crippen molar-refractivity contribution in [1.29, 1.82) is 0 Å². The van der Waals surface area contributed by atoms with Gasteiger partial charge in [-0.2, -0.15) is 5.10 Å². The Kier molecular flexibility index (Phi) is 3.85. The maximum absolute atomic E-state index is 12.5. The van der Waals surface area contributed by atoms with Crippen molar-refractivity contribution in [2.75, 3.05) is 6.61 Å². The van der Waals surface area contributed by atoms with Crippen molar-refractivity contribution in [2.24, 2.45) is 5.92 Å². The molecule has 0 spiro atoms. The molecule has 3 rings (SSSR count). The maximum atomic E-state index is 12.5. The van der Waals surface area contributed by atoms with E-state index in [0.29, 0.717) is 11.5 Å². The van der Waals surface area contributed by atoms with Gasteiger partial charge in [-0.05, 0) is 33.1 Å². The summed E-state index contributed by atoms with van der Waals surface area (Å²) in [5, 5.41) is 16.6. The molecule has 21 heavy (non-hydrogen) atoms. The van der Waals surface area contributed by atoms with E-state index in [2.05, 4.69) is 24.3 Å². The van der Waals surface area contributed by atoms with E-state index in [4.69, 9.17) is 5.11 Å². The molecule has 1 fully saturated rings. The molecule has 1 heterocycles. The van der Waals surface area contributed by atoms with Crippen LogP contribution in [-0.4, -0.2) is 33.4 Å². The summed E-state index contributed by atoms with van der Waals surface area (Å²) < 4.78 is 1.98. The number of carbonyl (C=O) groups excluding carboxylic acids is 1. The number of carbonyl (C=O) groups is 1. The van der Waals surface area contributed by atoms with Crippen LogP contribution in [0.2, 0.25) is 0 Å². The molecule has 0 aliphatic heterocycles. The fraction of sp³-hybridized carbons (Fsp3) is 0.625. The van der Waals surface area contributed by atoms with Gasteiger partial charge in [-0.15, -0.1) is 0 Å². The van der Waals surface area contributed by atoms with Gasteiger partial charge in [-0.1, -0.05) is 12.2 Å². The zero-order valence-corrected chi connectivity index (χ0v) is 12.6. The quantitative estimate of drug-likeness (QED) is 0.815. The van der Waals surface area contributed by atoms with Crippen LogP contribution in [0.5, 0.6) is 0 Å². The van der Waals surface area contributed by atoms with Crippen LogP contribution in [-0.2, 0) is 0 Å². The highest BCUT2D eigenvalue weighted by molar-refractivity contribution is 5.95. The number of amides is 1. The predicted octanol–water partition coefficient (Wildman–Crippen LogP) is 2.01. The molecule has 2 aliphatic carbocycles. The van der Waals surface area contributed by atoms with E-state index < -0.39 is 0 Å². The van der Waals surface area contributed by atoms with Gasteiger partial charge >= 0.3 is 0 Å². The second kappa shape index (κ2) is 5.64. The normalized spacial score (nSPS) is 24.8. The van der Waals surface area contributed by atoms with E-state index in [1.165, 1.54) is 0 Å². The lowest BCUT2D eigenvalue weighted by atomic mass is 10.1. The molecule has 2 atom stereocenters. The topological polar surface area (TPSA) is 67.2 Å². The van der Waals surface area contributed by atoms with E-state index in [-0.39, 0.29) is 30.5 Å². The molecule has 0 unspecified atom stereocenters. The lowest BCUT2D eigenvalue weighted by Gasteiger charge is -2.14. The predicted molar refractivity (Wildman–Crippen MR) is 80.2 cm³/mol. The van der Waals surface area contributed by atoms with Crippen LogP contribution in [0, 0.1) is 5.92 Å². The fourth-order valence-electron chi connectivity index (χ4n) is 2.99. The number of aliphatic hydroxyl groups excluding tert-OH is 1. The van der Waals surface area contributed by atoms with Crippen molar-refractivity contribution in [3.05, 3.63) is 29.6 Å². The molecule has 0 aromatic carbocycles. The molecule has 2 N–H and O–H groups in total. The molecular formula is C16H23N3O2. The van der Waals surface area contributed by atoms with Crippen molar-refractivity contribution in [3.8, 4) is 0 Å². The van der Waals surface area contributed by atoms with Gasteiger partial charge in [0.25, 0.3) is 5.91 Å². The lowest BCUT2D eigenvalue weighted by Crippen LogP contribution is -2.33. The summed E-state index contributed by atoms with van der Waals surface area (Å²) in [5.41, 5.74) is 1.80. The summed E-state index contributed by atoms with van der Waals surface area (Å²) in [7, 11) is 0. The summed E-state index contributed by atoms with van der Waals surface area (Å²) in [6.07, 6.45) is 8.72. The van der Waals surface area contributed by atoms with Crippen LogP contribution in [0.1, 0.15) is 61.1 Å². The molecule has 1 amide bonds. The van der Waals surface area contributed by atoms with Gasteiger partial charge in [0.05, 0.1) is 17.5 Å². The summed E-state index contributed by atoms with van der Waals surface area (Å²) in [6.45, 7) is 4.32. The third-order valence-electron chi connectivity index (χ3n) is 4.26. The van der Waals surface area contributed by atoms with Crippen molar-refractivity contribution in [2.45, 2.75) is 51.1 Å². The van der Waals surface area contributed by atoms with Gasteiger partial charge in [0.15, 0.2) is 0 Å². The van der Waals surface area contributed by atoms with Crippen molar-refractivity contribution in [1.82, 2.24) is 15.1 Å². The minimum atomic E-state index is -0.0444. The number of hydrogen-bond acceptors (Lipinski definition) is 3. The minimum Gasteiger partial charge on any atom is -0.396 e. The molecule has 114 valence electrons. The summed E-state index contributed by atoms with van der Waals surface area (Å²) in [6, 6.07) is 0.288. The third-order valence-corrected chi connectivity index (χ3v) is 4.26. The first kappa shape index (κ1) is 14.3. The molecular weight excluding hydrogens is 266 g/mol. The Morgan fingerprint density at radius 2 is 2.24 bits per heavy atom. The molecule has 5 heteroatoms.